The molecule has 1 aromatic carbocycles. The highest BCUT2D eigenvalue weighted by Crippen LogP contribution is 2.15. The number of nitrogens with two attached hydrogens (primary N) is 1. The van der Waals surface area contributed by atoms with E-state index in [2.05, 4.69) is 15.3 Å². The largest absolute Gasteiger partial charge is 0.381 e. The first-order chi connectivity index (χ1) is 10.0. The minimum Gasteiger partial charge on any atom is -0.381 e. The van der Waals surface area contributed by atoms with Crippen LogP contribution in [0.3, 0.4) is 0 Å². The highest BCUT2D eigenvalue weighted by Gasteiger charge is 2.15. The molecule has 1 amide bonds. The van der Waals surface area contributed by atoms with Crippen molar-refractivity contribution in [3.63, 3.8) is 0 Å². The maximum absolute atomic E-state index is 12.1. The molecule has 2 aromatic rings. The first kappa shape index (κ1) is 14.0. The van der Waals surface area contributed by atoms with Gasteiger partial charge in [-0.3, -0.25) is 4.79 Å². The number of aromatic nitrogens is 2. The quantitative estimate of drug-likeness (QED) is 0.853. The molecule has 0 aliphatic rings. The maximum atomic E-state index is 12.1. The summed E-state index contributed by atoms with van der Waals surface area (Å²) in [6.45, 7) is 1.86. The van der Waals surface area contributed by atoms with Crippen molar-refractivity contribution in [1.82, 2.24) is 9.97 Å². The summed E-state index contributed by atoms with van der Waals surface area (Å²) in [7, 11) is 0. The molecular weight excluding hydrogens is 268 g/mol. The first-order valence-corrected chi connectivity index (χ1v) is 5.91. The van der Waals surface area contributed by atoms with Gasteiger partial charge in [-0.25, -0.2) is 9.97 Å². The molecule has 1 aromatic heterocycles. The lowest BCUT2D eigenvalue weighted by molar-refractivity contribution is 0.102. The number of benzene rings is 1. The zero-order chi connectivity index (χ0) is 15.4. The normalized spacial score (nSPS) is 9.48. The molecule has 0 fully saturated rings. The van der Waals surface area contributed by atoms with Gasteiger partial charge in [-0.05, 0) is 19.1 Å². The predicted octanol–water partition coefficient (Wildman–Crippen LogP) is 1.36. The molecule has 1 heterocycles. The van der Waals surface area contributed by atoms with Crippen LogP contribution in [0.5, 0.6) is 0 Å². The van der Waals surface area contributed by atoms with Gasteiger partial charge in [0, 0.05) is 5.56 Å². The predicted molar refractivity (Wildman–Crippen MR) is 75.0 cm³/mol. The van der Waals surface area contributed by atoms with E-state index in [-0.39, 0.29) is 23.0 Å². The molecule has 102 valence electrons. The van der Waals surface area contributed by atoms with Gasteiger partial charge < -0.3 is 11.1 Å². The number of amides is 1. The van der Waals surface area contributed by atoms with Gasteiger partial charge in [-0.1, -0.05) is 17.7 Å². The molecule has 0 aliphatic heterocycles. The summed E-state index contributed by atoms with van der Waals surface area (Å²) in [6.07, 6.45) is 0. The van der Waals surface area contributed by atoms with E-state index in [0.29, 0.717) is 5.56 Å². The van der Waals surface area contributed by atoms with Gasteiger partial charge in [-0.15, -0.1) is 0 Å². The van der Waals surface area contributed by atoms with Gasteiger partial charge in [0.25, 0.3) is 5.91 Å². The number of rotatable bonds is 2. The topological polar surface area (TPSA) is 128 Å². The first-order valence-electron chi connectivity index (χ1n) is 5.91. The van der Waals surface area contributed by atoms with Crippen LogP contribution in [0, 0.1) is 29.6 Å². The van der Waals surface area contributed by atoms with Crippen LogP contribution in [0.25, 0.3) is 0 Å². The number of nitrogen functional groups attached to an aromatic ring is 1. The van der Waals surface area contributed by atoms with Crippen LogP contribution >= 0.6 is 0 Å². The summed E-state index contributed by atoms with van der Waals surface area (Å²) in [4.78, 5) is 19.7. The molecule has 0 aliphatic carbocycles. The molecule has 7 heteroatoms. The smallest absolute Gasteiger partial charge is 0.256 e. The van der Waals surface area contributed by atoms with Crippen molar-refractivity contribution < 1.29 is 4.79 Å². The number of nitrogens with zero attached hydrogens (tertiary/aromatic N) is 4. The molecule has 3 N–H and O–H groups in total. The third-order valence-electron chi connectivity index (χ3n) is 2.65. The fraction of sp³-hybridized carbons (Fsp3) is 0.0714. The van der Waals surface area contributed by atoms with Gasteiger partial charge in [0.2, 0.25) is 0 Å². The van der Waals surface area contributed by atoms with E-state index in [1.54, 1.807) is 30.3 Å². The lowest BCUT2D eigenvalue weighted by Gasteiger charge is -2.07. The van der Waals surface area contributed by atoms with E-state index in [4.69, 9.17) is 16.3 Å². The standard InChI is InChI=1S/C14H10N6O/c1-8-3-2-4-9(5-8)14(21)20-13-11(7-16)18-12(17)10(6-15)19-13/h2-5H,1H3,(H2,17,18)(H,19,20,21). The van der Waals surface area contributed by atoms with Crippen molar-refractivity contribution in [3.05, 3.63) is 46.8 Å². The van der Waals surface area contributed by atoms with Gasteiger partial charge in [0.15, 0.2) is 23.0 Å². The van der Waals surface area contributed by atoms with Crippen LogP contribution in [-0.4, -0.2) is 15.9 Å². The minimum atomic E-state index is -0.446. The Morgan fingerprint density at radius 1 is 1.24 bits per heavy atom. The molecule has 0 saturated carbocycles. The number of hydrogen-bond acceptors (Lipinski definition) is 6. The number of aryl methyl sites for hydroxylation is 1. The van der Waals surface area contributed by atoms with E-state index in [9.17, 15) is 4.79 Å². The Bertz CT molecular complexity index is 800. The van der Waals surface area contributed by atoms with Crippen LogP contribution in [-0.2, 0) is 0 Å². The zero-order valence-corrected chi connectivity index (χ0v) is 11.1. The zero-order valence-electron chi connectivity index (χ0n) is 11.1. The third-order valence-corrected chi connectivity index (χ3v) is 2.65. The average molecular weight is 278 g/mol. The number of carbonyl (C=O) groups is 1. The van der Waals surface area contributed by atoms with Crippen molar-refractivity contribution >= 4 is 17.5 Å². The van der Waals surface area contributed by atoms with E-state index in [1.807, 2.05) is 13.0 Å². The number of nitrogens with one attached hydrogen (secondary N) is 1. The molecule has 21 heavy (non-hydrogen) atoms. The molecule has 2 rings (SSSR count). The van der Waals surface area contributed by atoms with E-state index in [1.165, 1.54) is 0 Å². The summed E-state index contributed by atoms with van der Waals surface area (Å²) in [5, 5.41) is 20.3. The minimum absolute atomic E-state index is 0.0882. The second kappa shape index (κ2) is 5.68. The molecule has 0 unspecified atom stereocenters. The Labute approximate surface area is 120 Å². The summed E-state index contributed by atoms with van der Waals surface area (Å²) in [5.74, 6) is -0.685. The van der Waals surface area contributed by atoms with Crippen molar-refractivity contribution in [3.8, 4) is 12.1 Å². The van der Waals surface area contributed by atoms with Crippen LogP contribution in [0.15, 0.2) is 24.3 Å². The summed E-state index contributed by atoms with van der Waals surface area (Å²) in [6, 6.07) is 10.4. The molecular formula is C14H10N6O. The van der Waals surface area contributed by atoms with Crippen molar-refractivity contribution in [2.45, 2.75) is 6.92 Å². The van der Waals surface area contributed by atoms with Crippen molar-refractivity contribution in [1.29, 1.82) is 10.5 Å². The Morgan fingerprint density at radius 2 is 1.95 bits per heavy atom. The Balaban J connectivity index is 2.38. The Morgan fingerprint density at radius 3 is 2.57 bits per heavy atom. The van der Waals surface area contributed by atoms with Crippen LogP contribution < -0.4 is 11.1 Å². The number of nitriles is 2. The molecule has 0 radical (unpaired) electrons. The summed E-state index contributed by atoms with van der Waals surface area (Å²) >= 11 is 0. The van der Waals surface area contributed by atoms with E-state index < -0.39 is 5.91 Å². The second-order valence-electron chi connectivity index (χ2n) is 4.20. The number of hydrogen-bond donors (Lipinski definition) is 2. The Hall–Kier alpha value is -3.45. The molecule has 0 spiro atoms. The molecule has 0 saturated heterocycles. The molecule has 0 bridgehead atoms. The van der Waals surface area contributed by atoms with Crippen LogP contribution in [0.1, 0.15) is 27.3 Å². The Kier molecular flexibility index (Phi) is 3.78. The number of carbonyl (C=O) groups excluding carboxylic acids is 1. The third kappa shape index (κ3) is 2.94. The van der Waals surface area contributed by atoms with E-state index in [0.717, 1.165) is 5.56 Å². The van der Waals surface area contributed by atoms with E-state index >= 15 is 0 Å². The van der Waals surface area contributed by atoms with Crippen LogP contribution in [0.2, 0.25) is 0 Å². The van der Waals surface area contributed by atoms with Gasteiger partial charge in [0.05, 0.1) is 0 Å². The highest BCUT2D eigenvalue weighted by atomic mass is 16.1. The van der Waals surface area contributed by atoms with Crippen LogP contribution in [0.4, 0.5) is 11.6 Å². The van der Waals surface area contributed by atoms with Crippen molar-refractivity contribution in [2.75, 3.05) is 11.1 Å². The van der Waals surface area contributed by atoms with Gasteiger partial charge in [-0.2, -0.15) is 10.5 Å². The monoisotopic (exact) mass is 278 g/mol. The van der Waals surface area contributed by atoms with Crippen molar-refractivity contribution in [2.24, 2.45) is 0 Å². The SMILES string of the molecule is Cc1cccc(C(=O)Nc2nc(C#N)c(N)nc2C#N)c1. The highest BCUT2D eigenvalue weighted by molar-refractivity contribution is 6.04. The fourth-order valence-electron chi connectivity index (χ4n) is 1.66. The molecule has 7 nitrogen and oxygen atoms in total. The maximum Gasteiger partial charge on any atom is 0.256 e. The fourth-order valence-corrected chi connectivity index (χ4v) is 1.66. The number of anilines is 2. The lowest BCUT2D eigenvalue weighted by atomic mass is 10.1. The van der Waals surface area contributed by atoms with Gasteiger partial charge >= 0.3 is 0 Å². The average Bonchev–Trinajstić information content (AvgIpc) is 2.48. The second-order valence-corrected chi connectivity index (χ2v) is 4.20. The summed E-state index contributed by atoms with van der Waals surface area (Å²) < 4.78 is 0. The lowest BCUT2D eigenvalue weighted by Crippen LogP contribution is -2.16. The summed E-state index contributed by atoms with van der Waals surface area (Å²) in [5.41, 5.74) is 6.52. The molecule has 0 atom stereocenters. The van der Waals surface area contributed by atoms with Gasteiger partial charge in [0.1, 0.15) is 12.1 Å².